The van der Waals surface area contributed by atoms with Crippen LogP contribution < -0.4 is 0 Å². The van der Waals surface area contributed by atoms with Crippen LogP contribution in [0, 0.1) is 0 Å². The van der Waals surface area contributed by atoms with Crippen molar-refractivity contribution in [3.8, 4) is 0 Å². The van der Waals surface area contributed by atoms with Crippen LogP contribution in [0.25, 0.3) is 0 Å². The van der Waals surface area contributed by atoms with Crippen LogP contribution in [0.2, 0.25) is 0 Å². The molecule has 0 aromatic heterocycles. The molecule has 0 saturated heterocycles. The summed E-state index contributed by atoms with van der Waals surface area (Å²) in [4.78, 5) is 0. The second kappa shape index (κ2) is 5.87. The summed E-state index contributed by atoms with van der Waals surface area (Å²) >= 11 is 23.9. The molecule has 0 saturated carbocycles. The second-order valence-electron chi connectivity index (χ2n) is 2.47. The Labute approximate surface area is 97.6 Å². The van der Waals surface area contributed by atoms with Gasteiger partial charge in [0.15, 0.2) is 0 Å². The smallest absolute Gasteiger partial charge is 0.134 e. The van der Waals surface area contributed by atoms with Crippen molar-refractivity contribution < 1.29 is 0 Å². The average Bonchev–Trinajstić information content (AvgIpc) is 1.84. The standard InChI is InChI=1S/C7H10Cl4S/c1-5(2)3-4-12-6(8)7(9,10)11/h3,6H,4H2,1-2H3. The molecule has 1 atom stereocenters. The van der Waals surface area contributed by atoms with E-state index in [1.54, 1.807) is 0 Å². The molecule has 0 N–H and O–H groups in total. The van der Waals surface area contributed by atoms with Crippen molar-refractivity contribution in [1.29, 1.82) is 0 Å². The van der Waals surface area contributed by atoms with Gasteiger partial charge in [0.2, 0.25) is 3.79 Å². The van der Waals surface area contributed by atoms with Gasteiger partial charge >= 0.3 is 0 Å². The van der Waals surface area contributed by atoms with E-state index >= 15 is 0 Å². The summed E-state index contributed by atoms with van der Waals surface area (Å²) in [6.07, 6.45) is 2.04. The van der Waals surface area contributed by atoms with Crippen LogP contribution in [0.5, 0.6) is 0 Å². The van der Waals surface area contributed by atoms with Gasteiger partial charge in [-0.15, -0.1) is 23.4 Å². The maximum atomic E-state index is 5.78. The zero-order valence-electron chi connectivity index (χ0n) is 6.78. The normalized spacial score (nSPS) is 14.2. The van der Waals surface area contributed by atoms with Gasteiger partial charge in [0.05, 0.1) is 0 Å². The van der Waals surface area contributed by atoms with Gasteiger partial charge in [-0.05, 0) is 13.8 Å². The fourth-order valence-corrected chi connectivity index (χ4v) is 1.97. The first kappa shape index (κ1) is 13.2. The van der Waals surface area contributed by atoms with Gasteiger partial charge in [-0.2, -0.15) is 0 Å². The molecule has 0 aromatic rings. The van der Waals surface area contributed by atoms with Crippen molar-refractivity contribution in [2.24, 2.45) is 0 Å². The average molecular weight is 268 g/mol. The summed E-state index contributed by atoms with van der Waals surface area (Å²) in [5.74, 6) is 0.768. The molecule has 0 nitrogen and oxygen atoms in total. The van der Waals surface area contributed by atoms with E-state index in [0.717, 1.165) is 5.75 Å². The van der Waals surface area contributed by atoms with E-state index in [0.29, 0.717) is 0 Å². The van der Waals surface area contributed by atoms with Crippen molar-refractivity contribution in [3.05, 3.63) is 11.6 Å². The van der Waals surface area contributed by atoms with Crippen molar-refractivity contribution in [1.82, 2.24) is 0 Å². The highest BCUT2D eigenvalue weighted by Gasteiger charge is 2.30. The largest absolute Gasteiger partial charge is 0.215 e. The highest BCUT2D eigenvalue weighted by atomic mass is 35.6. The number of hydrogen-bond donors (Lipinski definition) is 0. The zero-order chi connectivity index (χ0) is 9.78. The Kier molecular flexibility index (Phi) is 6.48. The Morgan fingerprint density at radius 2 is 1.92 bits per heavy atom. The van der Waals surface area contributed by atoms with Crippen molar-refractivity contribution >= 4 is 58.2 Å². The minimum Gasteiger partial charge on any atom is -0.134 e. The van der Waals surface area contributed by atoms with Crippen LogP contribution in [-0.4, -0.2) is 14.3 Å². The lowest BCUT2D eigenvalue weighted by Gasteiger charge is -2.16. The molecule has 0 aromatic carbocycles. The Morgan fingerprint density at radius 1 is 1.42 bits per heavy atom. The molecule has 0 fully saturated rings. The first-order valence-corrected chi connectivity index (χ1v) is 5.91. The summed E-state index contributed by atoms with van der Waals surface area (Å²) in [5.41, 5.74) is 1.23. The summed E-state index contributed by atoms with van der Waals surface area (Å²) in [7, 11) is 0. The number of rotatable bonds is 3. The minimum atomic E-state index is -1.39. The molecule has 0 spiro atoms. The molecule has 0 heterocycles. The number of thioether (sulfide) groups is 1. The van der Waals surface area contributed by atoms with E-state index in [1.807, 2.05) is 19.9 Å². The van der Waals surface area contributed by atoms with Crippen LogP contribution in [-0.2, 0) is 0 Å². The van der Waals surface area contributed by atoms with Gasteiger partial charge in [0, 0.05) is 5.75 Å². The van der Waals surface area contributed by atoms with E-state index in [9.17, 15) is 0 Å². The molecule has 72 valence electrons. The Hall–Kier alpha value is 1.25. The summed E-state index contributed by atoms with van der Waals surface area (Å²) in [6.45, 7) is 4.03. The third-order valence-electron chi connectivity index (χ3n) is 0.991. The minimum absolute atomic E-state index is 0.502. The molecule has 0 aliphatic heterocycles. The Balaban J connectivity index is 3.73. The van der Waals surface area contributed by atoms with E-state index in [2.05, 4.69) is 0 Å². The summed E-state index contributed by atoms with van der Waals surface area (Å²) < 4.78 is -1.89. The van der Waals surface area contributed by atoms with Crippen molar-refractivity contribution in [2.75, 3.05) is 5.75 Å². The summed E-state index contributed by atoms with van der Waals surface area (Å²) in [6, 6.07) is 0. The van der Waals surface area contributed by atoms with Gasteiger partial charge in [0.25, 0.3) is 0 Å². The molecule has 0 aliphatic rings. The third-order valence-corrected chi connectivity index (χ3v) is 4.08. The molecule has 5 heteroatoms. The maximum Gasteiger partial charge on any atom is 0.215 e. The van der Waals surface area contributed by atoms with Crippen LogP contribution in [0.4, 0.5) is 0 Å². The fourth-order valence-electron chi connectivity index (χ4n) is 0.394. The van der Waals surface area contributed by atoms with Gasteiger partial charge in [0.1, 0.15) is 4.71 Å². The van der Waals surface area contributed by atoms with E-state index in [4.69, 9.17) is 46.4 Å². The van der Waals surface area contributed by atoms with Gasteiger partial charge in [-0.1, -0.05) is 46.5 Å². The first-order valence-electron chi connectivity index (χ1n) is 3.30. The molecular formula is C7H10Cl4S. The third kappa shape index (κ3) is 6.73. The molecular weight excluding hydrogens is 258 g/mol. The van der Waals surface area contributed by atoms with Crippen molar-refractivity contribution in [2.45, 2.75) is 22.3 Å². The molecule has 0 bridgehead atoms. The van der Waals surface area contributed by atoms with E-state index < -0.39 is 8.50 Å². The van der Waals surface area contributed by atoms with E-state index in [1.165, 1.54) is 17.3 Å². The second-order valence-corrected chi connectivity index (χ2v) is 6.67. The summed E-state index contributed by atoms with van der Waals surface area (Å²) in [5, 5.41) is 0. The van der Waals surface area contributed by atoms with Gasteiger partial charge in [-0.25, -0.2) is 0 Å². The highest BCUT2D eigenvalue weighted by Crippen LogP contribution is 2.39. The molecule has 1 unspecified atom stereocenters. The monoisotopic (exact) mass is 266 g/mol. The van der Waals surface area contributed by atoms with Crippen LogP contribution in [0.3, 0.4) is 0 Å². The lowest BCUT2D eigenvalue weighted by molar-refractivity contribution is 1.20. The highest BCUT2D eigenvalue weighted by molar-refractivity contribution is 8.01. The lowest BCUT2D eigenvalue weighted by atomic mass is 10.3. The molecule has 0 radical (unpaired) electrons. The zero-order valence-corrected chi connectivity index (χ0v) is 10.6. The molecule has 12 heavy (non-hydrogen) atoms. The SMILES string of the molecule is CC(C)=CCSC(Cl)C(Cl)(Cl)Cl. The number of halogens is 4. The van der Waals surface area contributed by atoms with Gasteiger partial charge in [-0.3, -0.25) is 0 Å². The van der Waals surface area contributed by atoms with Gasteiger partial charge < -0.3 is 0 Å². The fraction of sp³-hybridized carbons (Fsp3) is 0.714. The maximum absolute atomic E-state index is 5.78. The number of alkyl halides is 4. The van der Waals surface area contributed by atoms with Crippen LogP contribution in [0.15, 0.2) is 11.6 Å². The molecule has 0 rings (SSSR count). The van der Waals surface area contributed by atoms with E-state index in [-0.39, 0.29) is 0 Å². The van der Waals surface area contributed by atoms with Crippen molar-refractivity contribution in [3.63, 3.8) is 0 Å². The van der Waals surface area contributed by atoms with Crippen LogP contribution in [0.1, 0.15) is 13.8 Å². The Bertz CT molecular complexity index is 157. The first-order chi connectivity index (χ1) is 5.34. The molecule has 0 aliphatic carbocycles. The van der Waals surface area contributed by atoms with Crippen LogP contribution >= 0.6 is 58.2 Å². The predicted molar refractivity (Wildman–Crippen MR) is 61.8 cm³/mol. The predicted octanol–water partition coefficient (Wildman–Crippen LogP) is 4.62. The topological polar surface area (TPSA) is 0 Å². The number of hydrogen-bond acceptors (Lipinski definition) is 1. The molecule has 0 amide bonds. The quantitative estimate of drug-likeness (QED) is 0.531. The lowest BCUT2D eigenvalue weighted by Crippen LogP contribution is -2.15. The Morgan fingerprint density at radius 3 is 2.25 bits per heavy atom. The number of allylic oxidation sites excluding steroid dienone is 1.